The van der Waals surface area contributed by atoms with E-state index in [9.17, 15) is 9.18 Å². The van der Waals surface area contributed by atoms with Crippen molar-refractivity contribution in [1.29, 1.82) is 0 Å². The highest BCUT2D eigenvalue weighted by molar-refractivity contribution is 7.18. The molecule has 0 bridgehead atoms. The first-order valence-electron chi connectivity index (χ1n) is 7.64. The lowest BCUT2D eigenvalue weighted by molar-refractivity contribution is 0.0735. The summed E-state index contributed by atoms with van der Waals surface area (Å²) in [6.07, 6.45) is 1.89. The number of hydrogen-bond acceptors (Lipinski definition) is 3. The lowest BCUT2D eigenvalue weighted by atomic mass is 10.1. The van der Waals surface area contributed by atoms with Crippen molar-refractivity contribution >= 4 is 27.5 Å². The van der Waals surface area contributed by atoms with Gasteiger partial charge in [0, 0.05) is 12.1 Å². The van der Waals surface area contributed by atoms with Crippen molar-refractivity contribution in [2.45, 2.75) is 18.9 Å². The van der Waals surface area contributed by atoms with Gasteiger partial charge in [0.2, 0.25) is 0 Å². The summed E-state index contributed by atoms with van der Waals surface area (Å²) in [6.45, 7) is 0.719. The smallest absolute Gasteiger partial charge is 0.254 e. The number of fused-ring (bicyclic) bond motifs is 1. The first kappa shape index (κ1) is 14.3. The summed E-state index contributed by atoms with van der Waals surface area (Å²) < 4.78 is 14.2. The average molecular weight is 326 g/mol. The Morgan fingerprint density at radius 2 is 1.96 bits per heavy atom. The number of hydrogen-bond donors (Lipinski definition) is 0. The molecule has 1 saturated heterocycles. The quantitative estimate of drug-likeness (QED) is 0.699. The fourth-order valence-corrected chi connectivity index (χ4v) is 4.17. The Hall–Kier alpha value is -2.27. The second kappa shape index (κ2) is 5.74. The van der Waals surface area contributed by atoms with Gasteiger partial charge in [0.25, 0.3) is 5.91 Å². The normalized spacial score (nSPS) is 17.8. The number of benzene rings is 2. The Morgan fingerprint density at radius 3 is 2.74 bits per heavy atom. The maximum atomic E-state index is 13.1. The van der Waals surface area contributed by atoms with Gasteiger partial charge in [-0.2, -0.15) is 0 Å². The van der Waals surface area contributed by atoms with Crippen molar-refractivity contribution < 1.29 is 9.18 Å². The average Bonchev–Trinajstić information content (AvgIpc) is 3.21. The summed E-state index contributed by atoms with van der Waals surface area (Å²) >= 11 is 1.65. The summed E-state index contributed by atoms with van der Waals surface area (Å²) in [4.78, 5) is 19.3. The van der Waals surface area contributed by atoms with Gasteiger partial charge in [0.1, 0.15) is 10.8 Å². The van der Waals surface area contributed by atoms with Crippen molar-refractivity contribution in [2.24, 2.45) is 0 Å². The van der Waals surface area contributed by atoms with Crippen LogP contribution in [0.25, 0.3) is 10.2 Å². The van der Waals surface area contributed by atoms with Gasteiger partial charge in [0.05, 0.1) is 16.3 Å². The zero-order valence-electron chi connectivity index (χ0n) is 12.4. The van der Waals surface area contributed by atoms with Gasteiger partial charge >= 0.3 is 0 Å². The van der Waals surface area contributed by atoms with Gasteiger partial charge in [-0.05, 0) is 49.2 Å². The standard InChI is InChI=1S/C18H15FN2OS/c19-13-9-7-12(8-10-13)18(22)21-11-3-5-15(21)17-20-14-4-1-2-6-16(14)23-17/h1-2,4,6-10,15H,3,5,11H2/t15-/m0/s1. The predicted octanol–water partition coefficient (Wildman–Crippen LogP) is 4.41. The third-order valence-electron chi connectivity index (χ3n) is 4.20. The minimum atomic E-state index is -0.328. The topological polar surface area (TPSA) is 33.2 Å². The van der Waals surface area contributed by atoms with Crippen LogP contribution < -0.4 is 0 Å². The summed E-state index contributed by atoms with van der Waals surface area (Å²) in [6, 6.07) is 13.8. The van der Waals surface area contributed by atoms with Gasteiger partial charge in [-0.15, -0.1) is 11.3 Å². The van der Waals surface area contributed by atoms with Crippen molar-refractivity contribution in [3.05, 3.63) is 64.9 Å². The van der Waals surface area contributed by atoms with E-state index >= 15 is 0 Å². The number of carbonyl (C=O) groups is 1. The predicted molar refractivity (Wildman–Crippen MR) is 89.0 cm³/mol. The summed E-state index contributed by atoms with van der Waals surface area (Å²) in [5.74, 6) is -0.377. The maximum absolute atomic E-state index is 13.1. The Morgan fingerprint density at radius 1 is 1.17 bits per heavy atom. The molecule has 2 heterocycles. The molecule has 1 aliphatic rings. The van der Waals surface area contributed by atoms with E-state index in [2.05, 4.69) is 6.07 Å². The molecule has 0 aliphatic carbocycles. The maximum Gasteiger partial charge on any atom is 0.254 e. The molecule has 2 aromatic carbocycles. The molecule has 0 spiro atoms. The molecule has 0 N–H and O–H groups in total. The highest BCUT2D eigenvalue weighted by Gasteiger charge is 2.32. The molecule has 4 rings (SSSR count). The van der Waals surface area contributed by atoms with Crippen LogP contribution in [0.5, 0.6) is 0 Å². The number of para-hydroxylation sites is 1. The molecule has 1 aromatic heterocycles. The number of nitrogens with zero attached hydrogens (tertiary/aromatic N) is 2. The van der Waals surface area contributed by atoms with E-state index < -0.39 is 0 Å². The monoisotopic (exact) mass is 326 g/mol. The molecule has 5 heteroatoms. The molecule has 1 fully saturated rings. The molecule has 116 valence electrons. The van der Waals surface area contributed by atoms with E-state index in [4.69, 9.17) is 4.98 Å². The molecule has 3 aromatic rings. The molecular formula is C18H15FN2OS. The highest BCUT2D eigenvalue weighted by Crippen LogP contribution is 2.37. The lowest BCUT2D eigenvalue weighted by Crippen LogP contribution is -2.30. The van der Waals surface area contributed by atoms with Crippen LogP contribution in [-0.4, -0.2) is 22.3 Å². The zero-order valence-corrected chi connectivity index (χ0v) is 13.2. The van der Waals surface area contributed by atoms with Crippen molar-refractivity contribution in [2.75, 3.05) is 6.54 Å². The second-order valence-corrected chi connectivity index (χ2v) is 6.75. The number of amides is 1. The van der Waals surface area contributed by atoms with E-state index in [0.29, 0.717) is 5.56 Å². The SMILES string of the molecule is O=C(c1ccc(F)cc1)N1CCC[C@H]1c1nc2ccccc2s1. The fourth-order valence-electron chi connectivity index (χ4n) is 3.06. The van der Waals surface area contributed by atoms with Crippen LogP contribution >= 0.6 is 11.3 Å². The van der Waals surface area contributed by atoms with E-state index in [0.717, 1.165) is 34.6 Å². The molecule has 0 saturated carbocycles. The van der Waals surface area contributed by atoms with Gasteiger partial charge in [0.15, 0.2) is 0 Å². The fraction of sp³-hybridized carbons (Fsp3) is 0.222. The van der Waals surface area contributed by atoms with E-state index in [-0.39, 0.29) is 17.8 Å². The Labute approximate surface area is 137 Å². The van der Waals surface area contributed by atoms with Crippen molar-refractivity contribution in [3.63, 3.8) is 0 Å². The van der Waals surface area contributed by atoms with E-state index in [1.807, 2.05) is 23.1 Å². The summed E-state index contributed by atoms with van der Waals surface area (Å²) in [7, 11) is 0. The van der Waals surface area contributed by atoms with Gasteiger partial charge in [-0.1, -0.05) is 12.1 Å². The van der Waals surface area contributed by atoms with Crippen LogP contribution in [0, 0.1) is 5.82 Å². The van der Waals surface area contributed by atoms with Crippen molar-refractivity contribution in [1.82, 2.24) is 9.88 Å². The third-order valence-corrected chi connectivity index (χ3v) is 5.34. The van der Waals surface area contributed by atoms with Crippen LogP contribution in [0.2, 0.25) is 0 Å². The molecule has 0 radical (unpaired) electrons. The summed E-state index contributed by atoms with van der Waals surface area (Å²) in [5.41, 5.74) is 1.51. The lowest BCUT2D eigenvalue weighted by Gasteiger charge is -2.23. The van der Waals surface area contributed by atoms with Crippen LogP contribution in [-0.2, 0) is 0 Å². The number of aromatic nitrogens is 1. The minimum Gasteiger partial charge on any atom is -0.329 e. The minimum absolute atomic E-state index is 0.0185. The number of carbonyl (C=O) groups excluding carboxylic acids is 1. The van der Waals surface area contributed by atoms with Crippen LogP contribution in [0.15, 0.2) is 48.5 Å². The zero-order chi connectivity index (χ0) is 15.8. The first-order valence-corrected chi connectivity index (χ1v) is 8.46. The van der Waals surface area contributed by atoms with Gasteiger partial charge in [-0.25, -0.2) is 9.37 Å². The van der Waals surface area contributed by atoms with Crippen LogP contribution in [0.1, 0.15) is 34.2 Å². The number of thiazole rings is 1. The van der Waals surface area contributed by atoms with Crippen LogP contribution in [0.3, 0.4) is 0 Å². The molecule has 1 aliphatic heterocycles. The van der Waals surface area contributed by atoms with Crippen LogP contribution in [0.4, 0.5) is 4.39 Å². The largest absolute Gasteiger partial charge is 0.329 e. The Balaban J connectivity index is 1.65. The number of rotatable bonds is 2. The third kappa shape index (κ3) is 2.61. The highest BCUT2D eigenvalue weighted by atomic mass is 32.1. The van der Waals surface area contributed by atoms with Gasteiger partial charge in [-0.3, -0.25) is 4.79 Å². The number of likely N-dealkylation sites (tertiary alicyclic amines) is 1. The van der Waals surface area contributed by atoms with E-state index in [1.165, 1.54) is 12.1 Å². The summed E-state index contributed by atoms with van der Waals surface area (Å²) in [5, 5.41) is 0.985. The molecule has 1 atom stereocenters. The van der Waals surface area contributed by atoms with Crippen molar-refractivity contribution in [3.8, 4) is 0 Å². The first-order chi connectivity index (χ1) is 11.2. The molecule has 3 nitrogen and oxygen atoms in total. The number of halogens is 1. The Kier molecular flexibility index (Phi) is 3.58. The molecule has 23 heavy (non-hydrogen) atoms. The molecule has 0 unspecified atom stereocenters. The van der Waals surface area contributed by atoms with E-state index in [1.54, 1.807) is 23.5 Å². The second-order valence-electron chi connectivity index (χ2n) is 5.68. The molecular weight excluding hydrogens is 311 g/mol. The Bertz CT molecular complexity index is 826. The van der Waals surface area contributed by atoms with Gasteiger partial charge < -0.3 is 4.90 Å². The molecule has 1 amide bonds.